The Morgan fingerprint density at radius 1 is 1.22 bits per heavy atom. The molecule has 0 spiro atoms. The van der Waals surface area contributed by atoms with Crippen molar-refractivity contribution in [3.05, 3.63) is 63.7 Å². The van der Waals surface area contributed by atoms with Crippen molar-refractivity contribution in [1.82, 2.24) is 15.2 Å². The Labute approximate surface area is 136 Å². The van der Waals surface area contributed by atoms with Gasteiger partial charge in [-0.1, -0.05) is 6.07 Å². The Morgan fingerprint density at radius 3 is 2.87 bits per heavy atom. The van der Waals surface area contributed by atoms with Gasteiger partial charge in [0.15, 0.2) is 5.82 Å². The van der Waals surface area contributed by atoms with Crippen LogP contribution in [0.5, 0.6) is 0 Å². The lowest BCUT2D eigenvalue weighted by Gasteiger charge is -2.11. The molecule has 7 heteroatoms. The van der Waals surface area contributed by atoms with Gasteiger partial charge in [0.25, 0.3) is 0 Å². The second kappa shape index (κ2) is 5.44. The van der Waals surface area contributed by atoms with E-state index in [0.29, 0.717) is 11.7 Å². The number of thiophene rings is 1. The third-order valence-corrected chi connectivity index (χ3v) is 4.64. The topological polar surface area (TPSA) is 92.3 Å². The summed E-state index contributed by atoms with van der Waals surface area (Å²) in [6.45, 7) is 2.02. The van der Waals surface area contributed by atoms with Crippen LogP contribution in [0.25, 0.3) is 0 Å². The highest BCUT2D eigenvalue weighted by molar-refractivity contribution is 7.10. The number of nitrogens with one attached hydrogen (secondary N) is 1. The molecule has 23 heavy (non-hydrogen) atoms. The summed E-state index contributed by atoms with van der Waals surface area (Å²) in [7, 11) is 0. The monoisotopic (exact) mass is 322 g/mol. The minimum Gasteiger partial charge on any atom is -0.385 e. The lowest BCUT2D eigenvalue weighted by Crippen LogP contribution is -2.20. The van der Waals surface area contributed by atoms with Crippen molar-refractivity contribution in [3.8, 4) is 0 Å². The number of H-pyrrole nitrogens is 1. The van der Waals surface area contributed by atoms with Crippen molar-refractivity contribution in [2.75, 3.05) is 0 Å². The molecule has 1 atom stereocenters. The number of aromatic amines is 1. The van der Waals surface area contributed by atoms with E-state index in [9.17, 15) is 0 Å². The first-order valence-electron chi connectivity index (χ1n) is 7.15. The maximum absolute atomic E-state index is 6.23. The van der Waals surface area contributed by atoms with E-state index in [0.717, 1.165) is 27.4 Å². The van der Waals surface area contributed by atoms with Crippen LogP contribution in [-0.2, 0) is 0 Å². The summed E-state index contributed by atoms with van der Waals surface area (Å²) in [6, 6.07) is 7.52. The van der Waals surface area contributed by atoms with Crippen LogP contribution >= 0.6 is 11.3 Å². The highest BCUT2D eigenvalue weighted by atomic mass is 32.1. The van der Waals surface area contributed by atoms with Crippen LogP contribution in [0.3, 0.4) is 0 Å². The average molecular weight is 322 g/mol. The molecule has 6 nitrogen and oxygen atoms in total. The van der Waals surface area contributed by atoms with Gasteiger partial charge in [0.2, 0.25) is 0 Å². The van der Waals surface area contributed by atoms with Crippen LogP contribution in [0.15, 0.2) is 52.0 Å². The molecule has 1 aliphatic rings. The van der Waals surface area contributed by atoms with Crippen molar-refractivity contribution in [2.24, 2.45) is 15.7 Å². The minimum atomic E-state index is -0.318. The van der Waals surface area contributed by atoms with Crippen LogP contribution in [0.4, 0.5) is 5.82 Å². The molecule has 3 N–H and O–H groups in total. The highest BCUT2D eigenvalue weighted by Crippen LogP contribution is 2.32. The Bertz CT molecular complexity index is 893. The van der Waals surface area contributed by atoms with Crippen molar-refractivity contribution in [2.45, 2.75) is 13.0 Å². The Kier molecular flexibility index (Phi) is 3.27. The molecular weight excluding hydrogens is 308 g/mol. The van der Waals surface area contributed by atoms with Gasteiger partial charge in [-0.3, -0.25) is 10.1 Å². The summed E-state index contributed by atoms with van der Waals surface area (Å²) < 4.78 is 0. The third kappa shape index (κ3) is 2.35. The number of aromatic nitrogens is 3. The Morgan fingerprint density at radius 2 is 2.13 bits per heavy atom. The van der Waals surface area contributed by atoms with Crippen molar-refractivity contribution < 1.29 is 0 Å². The number of hydrogen-bond donors (Lipinski definition) is 2. The number of aliphatic imine (C=N–C) groups is 2. The quantitative estimate of drug-likeness (QED) is 0.760. The predicted octanol–water partition coefficient (Wildman–Crippen LogP) is 2.76. The van der Waals surface area contributed by atoms with Gasteiger partial charge in [0.05, 0.1) is 11.4 Å². The summed E-state index contributed by atoms with van der Waals surface area (Å²) in [5, 5.41) is 9.04. The van der Waals surface area contributed by atoms with Crippen LogP contribution < -0.4 is 5.73 Å². The van der Waals surface area contributed by atoms with Gasteiger partial charge in [0, 0.05) is 22.8 Å². The van der Waals surface area contributed by atoms with E-state index in [2.05, 4.69) is 20.2 Å². The van der Waals surface area contributed by atoms with E-state index in [1.54, 1.807) is 23.7 Å². The Hall–Kier alpha value is -2.80. The van der Waals surface area contributed by atoms with Crippen molar-refractivity contribution in [3.63, 3.8) is 0 Å². The summed E-state index contributed by atoms with van der Waals surface area (Å²) in [4.78, 5) is 14.9. The number of aryl methyl sites for hydroxylation is 1. The van der Waals surface area contributed by atoms with Gasteiger partial charge in [-0.2, -0.15) is 5.10 Å². The number of fused-ring (bicyclic) bond motifs is 1. The van der Waals surface area contributed by atoms with Crippen LogP contribution in [-0.4, -0.2) is 26.7 Å². The molecule has 0 saturated carbocycles. The highest BCUT2D eigenvalue weighted by Gasteiger charge is 2.26. The van der Waals surface area contributed by atoms with Crippen LogP contribution in [0.1, 0.15) is 27.7 Å². The zero-order chi connectivity index (χ0) is 15.8. The molecule has 0 bridgehead atoms. The van der Waals surface area contributed by atoms with Crippen molar-refractivity contribution in [1.29, 1.82) is 0 Å². The SMILES string of the molecule is Cc1ccnc2c1C(c1ccn[nH]1)=NC(c1cccs1)C(N)=N2. The molecule has 4 heterocycles. The average Bonchev–Trinajstić information content (AvgIpc) is 3.21. The molecular formula is C16H14N6S. The zero-order valence-electron chi connectivity index (χ0n) is 12.4. The van der Waals surface area contributed by atoms with E-state index >= 15 is 0 Å². The third-order valence-electron chi connectivity index (χ3n) is 3.72. The second-order valence-corrected chi connectivity index (χ2v) is 6.21. The summed E-state index contributed by atoms with van der Waals surface area (Å²) in [5.41, 5.74) is 9.78. The molecule has 0 fully saturated rings. The molecule has 3 aromatic heterocycles. The number of nitrogens with two attached hydrogens (primary N) is 1. The molecule has 0 amide bonds. The lowest BCUT2D eigenvalue weighted by molar-refractivity contribution is 0.973. The molecule has 1 unspecified atom stereocenters. The van der Waals surface area contributed by atoms with Gasteiger partial charge < -0.3 is 5.73 Å². The molecule has 0 radical (unpaired) electrons. The number of nitrogens with zero attached hydrogens (tertiary/aromatic N) is 4. The van der Waals surface area contributed by atoms with Gasteiger partial charge in [-0.25, -0.2) is 9.98 Å². The summed E-state index contributed by atoms with van der Waals surface area (Å²) in [6.07, 6.45) is 3.44. The molecule has 0 saturated heterocycles. The maximum Gasteiger partial charge on any atom is 0.163 e. The zero-order valence-corrected chi connectivity index (χ0v) is 13.2. The fraction of sp³-hybridized carbons (Fsp3) is 0.125. The van der Waals surface area contributed by atoms with E-state index in [-0.39, 0.29) is 6.04 Å². The molecule has 4 rings (SSSR count). The van der Waals surface area contributed by atoms with E-state index < -0.39 is 0 Å². The fourth-order valence-electron chi connectivity index (χ4n) is 2.61. The smallest absolute Gasteiger partial charge is 0.163 e. The second-order valence-electron chi connectivity index (χ2n) is 5.23. The molecule has 0 aliphatic carbocycles. The first-order chi connectivity index (χ1) is 11.2. The van der Waals surface area contributed by atoms with Crippen LogP contribution in [0.2, 0.25) is 0 Å². The van der Waals surface area contributed by atoms with E-state index in [4.69, 9.17) is 10.7 Å². The largest absolute Gasteiger partial charge is 0.385 e. The number of pyridine rings is 1. The standard InChI is InChI=1S/C16H14N6S/c1-9-4-6-18-16-12(9)13(10-5-7-19-22-10)20-14(15(17)21-16)11-3-2-8-23-11/h2-8,14H,1H3,(H,19,22)(H2,17,18,21). The fourth-order valence-corrected chi connectivity index (χ4v) is 3.39. The minimum absolute atomic E-state index is 0.318. The Balaban J connectivity index is 1.99. The van der Waals surface area contributed by atoms with Gasteiger partial charge in [0.1, 0.15) is 11.9 Å². The van der Waals surface area contributed by atoms with E-state index in [1.165, 1.54) is 0 Å². The molecule has 0 aromatic carbocycles. The van der Waals surface area contributed by atoms with E-state index in [1.807, 2.05) is 36.6 Å². The first kappa shape index (κ1) is 13.8. The molecule has 1 aliphatic heterocycles. The van der Waals surface area contributed by atoms with Crippen LogP contribution in [0, 0.1) is 6.92 Å². The van der Waals surface area contributed by atoms with Gasteiger partial charge in [-0.15, -0.1) is 11.3 Å². The lowest BCUT2D eigenvalue weighted by atomic mass is 10.0. The maximum atomic E-state index is 6.23. The normalized spacial score (nSPS) is 17.2. The molecule has 3 aromatic rings. The number of rotatable bonds is 2. The first-order valence-corrected chi connectivity index (χ1v) is 8.03. The van der Waals surface area contributed by atoms with Gasteiger partial charge >= 0.3 is 0 Å². The number of amidine groups is 1. The number of hydrogen-bond acceptors (Lipinski definition) is 6. The summed E-state index contributed by atoms with van der Waals surface area (Å²) >= 11 is 1.61. The van der Waals surface area contributed by atoms with Gasteiger partial charge in [-0.05, 0) is 36.1 Å². The predicted molar refractivity (Wildman–Crippen MR) is 91.5 cm³/mol. The van der Waals surface area contributed by atoms with Crippen molar-refractivity contribution >= 4 is 28.7 Å². The molecule has 114 valence electrons. The summed E-state index contributed by atoms with van der Waals surface area (Å²) in [5.74, 6) is 1.04.